The van der Waals surface area contributed by atoms with Gasteiger partial charge in [0.2, 0.25) is 5.95 Å². The molecule has 1 aromatic carbocycles. The number of benzene rings is 1. The zero-order valence-corrected chi connectivity index (χ0v) is 16.3. The molecule has 0 amide bonds. The second kappa shape index (κ2) is 8.55. The molecule has 1 N–H and O–H groups in total. The molecule has 1 aliphatic carbocycles. The van der Waals surface area contributed by atoms with Gasteiger partial charge in [0.1, 0.15) is 0 Å². The topological polar surface area (TPSA) is 57.2 Å². The number of anilines is 3. The Kier molecular flexibility index (Phi) is 5.70. The van der Waals surface area contributed by atoms with Gasteiger partial charge in [-0.15, -0.1) is 5.10 Å². The SMILES string of the molecule is Cc1cccc(N2CCN(c3cnnc(NC4CCCCCC4)n3)CC2)c1. The molecule has 0 bridgehead atoms. The van der Waals surface area contributed by atoms with Crippen LogP contribution in [0.15, 0.2) is 30.5 Å². The van der Waals surface area contributed by atoms with Gasteiger partial charge < -0.3 is 15.1 Å². The van der Waals surface area contributed by atoms with E-state index in [1.54, 1.807) is 6.20 Å². The molecule has 1 aliphatic heterocycles. The molecule has 0 spiro atoms. The zero-order valence-electron chi connectivity index (χ0n) is 16.3. The van der Waals surface area contributed by atoms with E-state index in [-0.39, 0.29) is 0 Å². The molecule has 2 aromatic rings. The lowest BCUT2D eigenvalue weighted by molar-refractivity contribution is 0.610. The summed E-state index contributed by atoms with van der Waals surface area (Å²) in [5.41, 5.74) is 2.62. The minimum atomic E-state index is 0.489. The van der Waals surface area contributed by atoms with Crippen molar-refractivity contribution in [2.45, 2.75) is 51.5 Å². The Balaban J connectivity index is 1.37. The number of piperazine rings is 1. The standard InChI is InChI=1S/C21H30N6/c1-17-7-6-10-19(15-17)26-11-13-27(14-12-26)20-16-22-25-21(24-20)23-18-8-4-2-3-5-9-18/h6-7,10,15-16,18H,2-5,8-9,11-14H2,1H3,(H,23,24,25). The number of hydrogen-bond donors (Lipinski definition) is 1. The third-order valence-electron chi connectivity index (χ3n) is 5.70. The van der Waals surface area contributed by atoms with Crippen molar-refractivity contribution in [2.24, 2.45) is 0 Å². The Hall–Kier alpha value is -2.37. The summed E-state index contributed by atoms with van der Waals surface area (Å²) in [5, 5.41) is 11.9. The van der Waals surface area contributed by atoms with E-state index in [0.717, 1.165) is 32.0 Å². The van der Waals surface area contributed by atoms with Crippen LogP contribution in [0.3, 0.4) is 0 Å². The minimum Gasteiger partial charge on any atom is -0.368 e. The Bertz CT molecular complexity index is 733. The number of aromatic nitrogens is 3. The van der Waals surface area contributed by atoms with Gasteiger partial charge in [0.15, 0.2) is 5.82 Å². The third kappa shape index (κ3) is 4.67. The van der Waals surface area contributed by atoms with Crippen LogP contribution < -0.4 is 15.1 Å². The van der Waals surface area contributed by atoms with Crippen LogP contribution in [0.4, 0.5) is 17.5 Å². The highest BCUT2D eigenvalue weighted by Crippen LogP contribution is 2.22. The minimum absolute atomic E-state index is 0.489. The fraction of sp³-hybridized carbons (Fsp3) is 0.571. The van der Waals surface area contributed by atoms with Gasteiger partial charge in [-0.1, -0.05) is 37.8 Å². The third-order valence-corrected chi connectivity index (χ3v) is 5.70. The van der Waals surface area contributed by atoms with Gasteiger partial charge in [0.25, 0.3) is 0 Å². The largest absolute Gasteiger partial charge is 0.368 e. The van der Waals surface area contributed by atoms with Crippen molar-refractivity contribution in [3.05, 3.63) is 36.0 Å². The molecule has 1 aromatic heterocycles. The van der Waals surface area contributed by atoms with Crippen LogP contribution in [0.25, 0.3) is 0 Å². The van der Waals surface area contributed by atoms with Crippen LogP contribution in [0.1, 0.15) is 44.1 Å². The van der Waals surface area contributed by atoms with Gasteiger partial charge in [0.05, 0.1) is 6.20 Å². The molecular formula is C21H30N6. The molecule has 1 saturated heterocycles. The van der Waals surface area contributed by atoms with Crippen LogP contribution in [0.2, 0.25) is 0 Å². The van der Waals surface area contributed by atoms with E-state index in [2.05, 4.69) is 56.5 Å². The van der Waals surface area contributed by atoms with Gasteiger partial charge >= 0.3 is 0 Å². The summed E-state index contributed by atoms with van der Waals surface area (Å²) >= 11 is 0. The highest BCUT2D eigenvalue weighted by molar-refractivity contribution is 5.51. The Morgan fingerprint density at radius 3 is 2.44 bits per heavy atom. The quantitative estimate of drug-likeness (QED) is 0.834. The van der Waals surface area contributed by atoms with Crippen molar-refractivity contribution in [3.8, 4) is 0 Å². The molecule has 1 saturated carbocycles. The van der Waals surface area contributed by atoms with Crippen molar-refractivity contribution in [1.82, 2.24) is 15.2 Å². The predicted octanol–water partition coefficient (Wildman–Crippen LogP) is 3.64. The second-order valence-electron chi connectivity index (χ2n) is 7.78. The van der Waals surface area contributed by atoms with Gasteiger partial charge in [-0.05, 0) is 37.5 Å². The first-order valence-electron chi connectivity index (χ1n) is 10.3. The average Bonchev–Trinajstić information content (AvgIpc) is 2.97. The Morgan fingerprint density at radius 1 is 0.963 bits per heavy atom. The lowest BCUT2D eigenvalue weighted by Gasteiger charge is -2.36. The molecule has 6 nitrogen and oxygen atoms in total. The average molecular weight is 367 g/mol. The number of aryl methyl sites for hydroxylation is 1. The molecule has 2 fully saturated rings. The van der Waals surface area contributed by atoms with E-state index in [1.165, 1.54) is 49.8 Å². The lowest BCUT2D eigenvalue weighted by atomic mass is 10.1. The maximum Gasteiger partial charge on any atom is 0.244 e. The van der Waals surface area contributed by atoms with Gasteiger partial charge in [-0.3, -0.25) is 0 Å². The van der Waals surface area contributed by atoms with Crippen LogP contribution >= 0.6 is 0 Å². The Labute approximate surface area is 162 Å². The monoisotopic (exact) mass is 366 g/mol. The number of nitrogens with one attached hydrogen (secondary N) is 1. The lowest BCUT2D eigenvalue weighted by Crippen LogP contribution is -2.47. The van der Waals surface area contributed by atoms with Crippen LogP contribution in [-0.2, 0) is 0 Å². The maximum atomic E-state index is 4.76. The van der Waals surface area contributed by atoms with Gasteiger partial charge in [-0.2, -0.15) is 10.1 Å². The van der Waals surface area contributed by atoms with E-state index in [0.29, 0.717) is 12.0 Å². The maximum absolute atomic E-state index is 4.76. The fourth-order valence-electron chi connectivity index (χ4n) is 4.13. The Morgan fingerprint density at radius 2 is 1.70 bits per heavy atom. The molecule has 6 heteroatoms. The van der Waals surface area contributed by atoms with Gasteiger partial charge in [0, 0.05) is 37.9 Å². The summed E-state index contributed by atoms with van der Waals surface area (Å²) in [6.45, 7) is 6.05. The summed E-state index contributed by atoms with van der Waals surface area (Å²) in [4.78, 5) is 9.52. The molecule has 0 radical (unpaired) electrons. The normalized spacial score (nSPS) is 19.0. The first kappa shape index (κ1) is 18.0. The molecule has 4 rings (SSSR count). The molecular weight excluding hydrogens is 336 g/mol. The number of hydrogen-bond acceptors (Lipinski definition) is 6. The number of nitrogens with zero attached hydrogens (tertiary/aromatic N) is 5. The smallest absolute Gasteiger partial charge is 0.244 e. The predicted molar refractivity (Wildman–Crippen MR) is 111 cm³/mol. The van der Waals surface area contributed by atoms with E-state index in [4.69, 9.17) is 4.98 Å². The van der Waals surface area contributed by atoms with Crippen molar-refractivity contribution in [2.75, 3.05) is 41.3 Å². The van der Waals surface area contributed by atoms with E-state index in [1.807, 2.05) is 0 Å². The summed E-state index contributed by atoms with van der Waals surface area (Å²) in [6, 6.07) is 9.23. The van der Waals surface area contributed by atoms with Crippen LogP contribution in [-0.4, -0.2) is 47.4 Å². The van der Waals surface area contributed by atoms with Crippen LogP contribution in [0.5, 0.6) is 0 Å². The van der Waals surface area contributed by atoms with Crippen molar-refractivity contribution in [3.63, 3.8) is 0 Å². The molecule has 0 atom stereocenters. The highest BCUT2D eigenvalue weighted by atomic mass is 15.3. The summed E-state index contributed by atoms with van der Waals surface area (Å²) in [5.74, 6) is 1.62. The first-order valence-corrected chi connectivity index (χ1v) is 10.3. The van der Waals surface area contributed by atoms with Crippen molar-refractivity contribution in [1.29, 1.82) is 0 Å². The summed E-state index contributed by atoms with van der Waals surface area (Å²) in [6.07, 6.45) is 9.51. The van der Waals surface area contributed by atoms with E-state index >= 15 is 0 Å². The summed E-state index contributed by atoms with van der Waals surface area (Å²) in [7, 11) is 0. The van der Waals surface area contributed by atoms with Crippen molar-refractivity contribution >= 4 is 17.5 Å². The van der Waals surface area contributed by atoms with Crippen LogP contribution in [0, 0.1) is 6.92 Å². The number of rotatable bonds is 4. The summed E-state index contributed by atoms with van der Waals surface area (Å²) < 4.78 is 0. The molecule has 2 aliphatic rings. The van der Waals surface area contributed by atoms with E-state index < -0.39 is 0 Å². The molecule has 2 heterocycles. The molecule has 144 valence electrons. The molecule has 27 heavy (non-hydrogen) atoms. The molecule has 0 unspecified atom stereocenters. The first-order chi connectivity index (χ1) is 13.3. The van der Waals surface area contributed by atoms with Gasteiger partial charge in [-0.25, -0.2) is 0 Å². The fourth-order valence-corrected chi connectivity index (χ4v) is 4.13. The van der Waals surface area contributed by atoms with Crippen molar-refractivity contribution < 1.29 is 0 Å². The van der Waals surface area contributed by atoms with E-state index in [9.17, 15) is 0 Å². The second-order valence-corrected chi connectivity index (χ2v) is 7.78. The zero-order chi connectivity index (χ0) is 18.5. The highest BCUT2D eigenvalue weighted by Gasteiger charge is 2.20.